The highest BCUT2D eigenvalue weighted by Crippen LogP contribution is 2.31. The molecule has 1 atom stereocenters. The lowest BCUT2D eigenvalue weighted by molar-refractivity contribution is -0.122. The number of imidazole rings is 1. The molecule has 1 unspecified atom stereocenters. The number of hydrogen-bond donors (Lipinski definition) is 2. The van der Waals surface area contributed by atoms with Crippen LogP contribution in [0.1, 0.15) is 24.7 Å². The van der Waals surface area contributed by atoms with Crippen LogP contribution < -0.4 is 5.32 Å². The molecule has 106 valence electrons. The maximum absolute atomic E-state index is 11.6. The highest BCUT2D eigenvalue weighted by Gasteiger charge is 2.29. The standard InChI is InChI=1S/C14H17ClN4O/c1-16-13(20)8-19-6-2-3-12(19)14-17-10-5-4-9(15)7-11(10)18-14/h4-5,7,12H,2-3,6,8H2,1H3,(H,16,20)(H,17,18). The molecule has 1 fully saturated rings. The third-order valence-electron chi connectivity index (χ3n) is 3.77. The molecule has 1 aromatic heterocycles. The van der Waals surface area contributed by atoms with E-state index in [0.717, 1.165) is 36.2 Å². The number of fused-ring (bicyclic) bond motifs is 1. The van der Waals surface area contributed by atoms with E-state index < -0.39 is 0 Å². The van der Waals surface area contributed by atoms with Crippen molar-refractivity contribution in [1.82, 2.24) is 20.2 Å². The number of amides is 1. The number of rotatable bonds is 3. The van der Waals surface area contributed by atoms with Gasteiger partial charge in [0.2, 0.25) is 5.91 Å². The van der Waals surface area contributed by atoms with E-state index in [1.54, 1.807) is 7.05 Å². The first-order valence-corrected chi connectivity index (χ1v) is 7.15. The fraction of sp³-hybridized carbons (Fsp3) is 0.429. The van der Waals surface area contributed by atoms with Crippen molar-refractivity contribution in [3.8, 4) is 0 Å². The molecule has 2 aromatic rings. The molecule has 0 saturated carbocycles. The third kappa shape index (κ3) is 2.51. The Bertz CT molecular complexity index is 639. The van der Waals surface area contributed by atoms with Crippen LogP contribution in [0.3, 0.4) is 0 Å². The Hall–Kier alpha value is -1.59. The van der Waals surface area contributed by atoms with Crippen molar-refractivity contribution < 1.29 is 4.79 Å². The Morgan fingerprint density at radius 2 is 2.45 bits per heavy atom. The van der Waals surface area contributed by atoms with Gasteiger partial charge in [0, 0.05) is 12.1 Å². The first-order chi connectivity index (χ1) is 9.67. The number of nitrogens with one attached hydrogen (secondary N) is 2. The second-order valence-electron chi connectivity index (χ2n) is 5.09. The molecule has 2 heterocycles. The zero-order chi connectivity index (χ0) is 14.1. The summed E-state index contributed by atoms with van der Waals surface area (Å²) < 4.78 is 0. The van der Waals surface area contributed by atoms with E-state index in [4.69, 9.17) is 11.6 Å². The van der Waals surface area contributed by atoms with Crippen molar-refractivity contribution in [3.63, 3.8) is 0 Å². The van der Waals surface area contributed by atoms with Crippen molar-refractivity contribution in [1.29, 1.82) is 0 Å². The smallest absolute Gasteiger partial charge is 0.233 e. The third-order valence-corrected chi connectivity index (χ3v) is 4.00. The molecular formula is C14H17ClN4O. The summed E-state index contributed by atoms with van der Waals surface area (Å²) in [5.41, 5.74) is 1.86. The molecule has 1 aliphatic heterocycles. The molecule has 0 aliphatic carbocycles. The first-order valence-electron chi connectivity index (χ1n) is 6.77. The van der Waals surface area contributed by atoms with Gasteiger partial charge in [0.1, 0.15) is 5.82 Å². The van der Waals surface area contributed by atoms with Gasteiger partial charge in [-0.1, -0.05) is 11.6 Å². The zero-order valence-electron chi connectivity index (χ0n) is 11.3. The fourth-order valence-corrected chi connectivity index (χ4v) is 2.92. The van der Waals surface area contributed by atoms with Gasteiger partial charge in [0.25, 0.3) is 0 Å². The van der Waals surface area contributed by atoms with Crippen molar-refractivity contribution in [2.24, 2.45) is 0 Å². The lowest BCUT2D eigenvalue weighted by atomic mass is 10.2. The van der Waals surface area contributed by atoms with E-state index in [1.165, 1.54) is 0 Å². The second kappa shape index (κ2) is 5.42. The van der Waals surface area contributed by atoms with Gasteiger partial charge in [-0.05, 0) is 37.6 Å². The molecule has 0 bridgehead atoms. The van der Waals surface area contributed by atoms with Gasteiger partial charge in [0.15, 0.2) is 0 Å². The van der Waals surface area contributed by atoms with Crippen LogP contribution in [-0.2, 0) is 4.79 Å². The highest BCUT2D eigenvalue weighted by atomic mass is 35.5. The summed E-state index contributed by atoms with van der Waals surface area (Å²) in [5, 5.41) is 3.36. The minimum Gasteiger partial charge on any atom is -0.358 e. The summed E-state index contributed by atoms with van der Waals surface area (Å²) in [4.78, 5) is 21.7. The summed E-state index contributed by atoms with van der Waals surface area (Å²) in [6.07, 6.45) is 2.10. The Kier molecular flexibility index (Phi) is 3.63. The minimum atomic E-state index is 0.0380. The Labute approximate surface area is 122 Å². The van der Waals surface area contributed by atoms with E-state index in [9.17, 15) is 4.79 Å². The molecular weight excluding hydrogens is 276 g/mol. The number of benzene rings is 1. The fourth-order valence-electron chi connectivity index (χ4n) is 2.75. The molecule has 1 saturated heterocycles. The summed E-state index contributed by atoms with van der Waals surface area (Å²) >= 11 is 5.99. The monoisotopic (exact) mass is 292 g/mol. The van der Waals surface area contributed by atoms with Crippen LogP contribution in [-0.4, -0.2) is 40.9 Å². The number of aromatic amines is 1. The van der Waals surface area contributed by atoms with Gasteiger partial charge in [-0.3, -0.25) is 9.69 Å². The molecule has 3 rings (SSSR count). The van der Waals surface area contributed by atoms with Crippen molar-refractivity contribution in [2.75, 3.05) is 20.1 Å². The van der Waals surface area contributed by atoms with Crippen LogP contribution in [0.5, 0.6) is 0 Å². The molecule has 2 N–H and O–H groups in total. The average molecular weight is 293 g/mol. The highest BCUT2D eigenvalue weighted by molar-refractivity contribution is 6.31. The summed E-state index contributed by atoms with van der Waals surface area (Å²) in [6.45, 7) is 1.34. The van der Waals surface area contributed by atoms with Crippen molar-refractivity contribution in [2.45, 2.75) is 18.9 Å². The van der Waals surface area contributed by atoms with Crippen molar-refractivity contribution in [3.05, 3.63) is 29.0 Å². The van der Waals surface area contributed by atoms with Gasteiger partial charge in [0.05, 0.1) is 23.6 Å². The number of nitrogens with zero attached hydrogens (tertiary/aromatic N) is 2. The number of halogens is 1. The van der Waals surface area contributed by atoms with Crippen LogP contribution in [0.25, 0.3) is 11.0 Å². The van der Waals surface area contributed by atoms with E-state index in [-0.39, 0.29) is 11.9 Å². The molecule has 5 nitrogen and oxygen atoms in total. The van der Waals surface area contributed by atoms with Gasteiger partial charge >= 0.3 is 0 Å². The Balaban J connectivity index is 1.87. The summed E-state index contributed by atoms with van der Waals surface area (Å²) in [5.74, 6) is 0.958. The topological polar surface area (TPSA) is 61.0 Å². The molecule has 1 aliphatic rings. The second-order valence-corrected chi connectivity index (χ2v) is 5.52. The number of likely N-dealkylation sites (tertiary alicyclic amines) is 1. The summed E-state index contributed by atoms with van der Waals surface area (Å²) in [7, 11) is 1.66. The molecule has 0 radical (unpaired) electrons. The number of hydrogen-bond acceptors (Lipinski definition) is 3. The SMILES string of the molecule is CNC(=O)CN1CCCC1c1nc2ccc(Cl)cc2[nH]1. The van der Waals surface area contributed by atoms with Gasteiger partial charge in [-0.2, -0.15) is 0 Å². The largest absolute Gasteiger partial charge is 0.358 e. The first kappa shape index (κ1) is 13.4. The van der Waals surface area contributed by atoms with Crippen LogP contribution in [0.15, 0.2) is 18.2 Å². The number of likely N-dealkylation sites (N-methyl/N-ethyl adjacent to an activating group) is 1. The predicted octanol–water partition coefficient (Wildman–Crippen LogP) is 2.10. The number of carbonyl (C=O) groups excluding carboxylic acids is 1. The quantitative estimate of drug-likeness (QED) is 0.911. The van der Waals surface area contributed by atoms with Gasteiger partial charge in [-0.15, -0.1) is 0 Å². The Morgan fingerprint density at radius 1 is 1.60 bits per heavy atom. The maximum atomic E-state index is 11.6. The number of carbonyl (C=O) groups is 1. The molecule has 1 aromatic carbocycles. The Morgan fingerprint density at radius 3 is 3.25 bits per heavy atom. The maximum Gasteiger partial charge on any atom is 0.233 e. The van der Waals surface area contributed by atoms with Crippen molar-refractivity contribution >= 4 is 28.5 Å². The molecule has 1 amide bonds. The number of aromatic nitrogens is 2. The zero-order valence-corrected chi connectivity index (χ0v) is 12.1. The normalized spacial score (nSPS) is 19.6. The summed E-state index contributed by atoms with van der Waals surface area (Å²) in [6, 6.07) is 5.81. The minimum absolute atomic E-state index is 0.0380. The van der Waals surface area contributed by atoms with E-state index >= 15 is 0 Å². The van der Waals surface area contributed by atoms with Crippen LogP contribution in [0, 0.1) is 0 Å². The van der Waals surface area contributed by atoms with E-state index in [0.29, 0.717) is 11.6 Å². The van der Waals surface area contributed by atoms with E-state index in [2.05, 4.69) is 20.2 Å². The predicted molar refractivity (Wildman–Crippen MR) is 78.7 cm³/mol. The van der Waals surface area contributed by atoms with Crippen LogP contribution >= 0.6 is 11.6 Å². The van der Waals surface area contributed by atoms with Crippen LogP contribution in [0.4, 0.5) is 0 Å². The van der Waals surface area contributed by atoms with E-state index in [1.807, 2.05) is 18.2 Å². The lowest BCUT2D eigenvalue weighted by Crippen LogP contribution is -2.35. The molecule has 0 spiro atoms. The van der Waals surface area contributed by atoms with Gasteiger partial charge < -0.3 is 10.3 Å². The lowest BCUT2D eigenvalue weighted by Gasteiger charge is -2.21. The number of H-pyrrole nitrogens is 1. The van der Waals surface area contributed by atoms with Gasteiger partial charge in [-0.25, -0.2) is 4.98 Å². The van der Waals surface area contributed by atoms with Crippen LogP contribution in [0.2, 0.25) is 5.02 Å². The average Bonchev–Trinajstić information content (AvgIpc) is 3.03. The molecule has 6 heteroatoms. The molecule has 20 heavy (non-hydrogen) atoms.